The molecular weight excluding hydrogens is 308 g/mol. The minimum absolute atomic E-state index is 0.170. The van der Waals surface area contributed by atoms with Crippen molar-refractivity contribution in [1.29, 1.82) is 0 Å². The molecule has 0 saturated carbocycles. The predicted octanol–water partition coefficient (Wildman–Crippen LogP) is 1.55. The minimum Gasteiger partial charge on any atom is -0.371 e. The molecule has 114 valence electrons. The van der Waals surface area contributed by atoms with Gasteiger partial charge in [0.05, 0.1) is 0 Å². The average molecular weight is 326 g/mol. The number of rotatable bonds is 5. The molecule has 0 spiro atoms. The van der Waals surface area contributed by atoms with Crippen LogP contribution < -0.4 is 10.0 Å². The van der Waals surface area contributed by atoms with Crippen LogP contribution in [0.2, 0.25) is 0 Å². The Balaban J connectivity index is 1.93. The molecule has 1 aliphatic rings. The van der Waals surface area contributed by atoms with Crippen LogP contribution in [0.1, 0.15) is 12.8 Å². The number of pyridine rings is 1. The van der Waals surface area contributed by atoms with Gasteiger partial charge in [0.25, 0.3) is 10.0 Å². The Kier molecular flexibility index (Phi) is 4.10. The van der Waals surface area contributed by atoms with Crippen LogP contribution in [-0.2, 0) is 10.0 Å². The standard InChI is InChI=1S/C13H18N4O2S2/c1-14-12-13(17-7-3-2-6-11(17)16-12)21(18,19)15-9-10-5-4-8-20-10/h2-3,6-7,10,14-15H,4-5,8-9H2,1H3. The Morgan fingerprint density at radius 2 is 2.33 bits per heavy atom. The van der Waals surface area contributed by atoms with Gasteiger partial charge in [0.2, 0.25) is 0 Å². The van der Waals surface area contributed by atoms with Gasteiger partial charge in [0.1, 0.15) is 5.65 Å². The van der Waals surface area contributed by atoms with Crippen LogP contribution in [0.3, 0.4) is 0 Å². The fourth-order valence-electron chi connectivity index (χ4n) is 2.47. The van der Waals surface area contributed by atoms with Crippen molar-refractivity contribution in [2.24, 2.45) is 0 Å². The van der Waals surface area contributed by atoms with Gasteiger partial charge in [-0.2, -0.15) is 11.8 Å². The molecule has 3 rings (SSSR count). The molecule has 0 amide bonds. The molecule has 2 aromatic heterocycles. The Labute approximate surface area is 128 Å². The highest BCUT2D eigenvalue weighted by Crippen LogP contribution is 2.27. The van der Waals surface area contributed by atoms with Gasteiger partial charge in [-0.05, 0) is 30.7 Å². The highest BCUT2D eigenvalue weighted by molar-refractivity contribution is 8.00. The van der Waals surface area contributed by atoms with Crippen LogP contribution in [0, 0.1) is 0 Å². The monoisotopic (exact) mass is 326 g/mol. The van der Waals surface area contributed by atoms with Crippen LogP contribution in [0.4, 0.5) is 5.82 Å². The van der Waals surface area contributed by atoms with E-state index < -0.39 is 10.0 Å². The summed E-state index contributed by atoms with van der Waals surface area (Å²) in [7, 11) is -1.92. The summed E-state index contributed by atoms with van der Waals surface area (Å²) >= 11 is 1.83. The number of hydrogen-bond acceptors (Lipinski definition) is 5. The number of nitrogens with zero attached hydrogens (tertiary/aromatic N) is 2. The van der Waals surface area contributed by atoms with Gasteiger partial charge in [0.15, 0.2) is 10.8 Å². The molecule has 2 N–H and O–H groups in total. The summed E-state index contributed by atoms with van der Waals surface area (Å²) in [4.78, 5) is 4.30. The molecule has 0 aromatic carbocycles. The first-order chi connectivity index (χ1) is 10.1. The van der Waals surface area contributed by atoms with E-state index in [0.717, 1.165) is 18.6 Å². The van der Waals surface area contributed by atoms with Gasteiger partial charge in [-0.3, -0.25) is 4.40 Å². The van der Waals surface area contributed by atoms with Crippen molar-refractivity contribution in [1.82, 2.24) is 14.1 Å². The number of sulfonamides is 1. The van der Waals surface area contributed by atoms with Crippen molar-refractivity contribution < 1.29 is 8.42 Å². The van der Waals surface area contributed by atoms with E-state index in [0.29, 0.717) is 23.3 Å². The molecule has 0 bridgehead atoms. The lowest BCUT2D eigenvalue weighted by Gasteiger charge is -2.11. The van der Waals surface area contributed by atoms with E-state index in [2.05, 4.69) is 15.0 Å². The normalized spacial score (nSPS) is 19.2. The summed E-state index contributed by atoms with van der Waals surface area (Å²) in [5.41, 5.74) is 0.609. The lowest BCUT2D eigenvalue weighted by molar-refractivity contribution is 0.574. The molecule has 0 radical (unpaired) electrons. The molecule has 6 nitrogen and oxygen atoms in total. The zero-order chi connectivity index (χ0) is 14.9. The fraction of sp³-hybridized carbons (Fsp3) is 0.462. The number of nitrogens with one attached hydrogen (secondary N) is 2. The molecule has 0 aliphatic carbocycles. The zero-order valence-electron chi connectivity index (χ0n) is 11.7. The second-order valence-corrected chi connectivity index (χ2v) is 8.02. The van der Waals surface area contributed by atoms with Gasteiger partial charge in [-0.25, -0.2) is 18.1 Å². The third kappa shape index (κ3) is 2.88. The van der Waals surface area contributed by atoms with E-state index in [1.54, 1.807) is 29.8 Å². The molecule has 1 aliphatic heterocycles. The van der Waals surface area contributed by atoms with Crippen molar-refractivity contribution in [3.8, 4) is 0 Å². The summed E-state index contributed by atoms with van der Waals surface area (Å²) in [6, 6.07) is 5.41. The van der Waals surface area contributed by atoms with Crippen molar-refractivity contribution in [2.45, 2.75) is 23.1 Å². The van der Waals surface area contributed by atoms with E-state index in [1.807, 2.05) is 17.8 Å². The maximum atomic E-state index is 12.6. The Morgan fingerprint density at radius 1 is 1.48 bits per heavy atom. The molecular formula is C13H18N4O2S2. The minimum atomic E-state index is -3.60. The van der Waals surface area contributed by atoms with E-state index in [1.165, 1.54) is 0 Å². The summed E-state index contributed by atoms with van der Waals surface area (Å²) in [5.74, 6) is 1.48. The molecule has 1 unspecified atom stereocenters. The van der Waals surface area contributed by atoms with Crippen molar-refractivity contribution in [3.63, 3.8) is 0 Å². The SMILES string of the molecule is CNc1nc2ccccn2c1S(=O)(=O)NCC1CCCS1. The summed E-state index contributed by atoms with van der Waals surface area (Å²) in [6.45, 7) is 0.468. The maximum absolute atomic E-state index is 12.6. The van der Waals surface area contributed by atoms with Gasteiger partial charge in [0, 0.05) is 25.0 Å². The first kappa shape index (κ1) is 14.7. The number of fused-ring (bicyclic) bond motifs is 1. The van der Waals surface area contributed by atoms with Crippen LogP contribution in [-0.4, -0.2) is 42.4 Å². The highest BCUT2D eigenvalue weighted by atomic mass is 32.2. The zero-order valence-corrected chi connectivity index (χ0v) is 13.4. The molecule has 8 heteroatoms. The fourth-order valence-corrected chi connectivity index (χ4v) is 5.15. The molecule has 1 fully saturated rings. The third-order valence-electron chi connectivity index (χ3n) is 3.50. The van der Waals surface area contributed by atoms with Gasteiger partial charge < -0.3 is 5.32 Å². The number of hydrogen-bond donors (Lipinski definition) is 2. The van der Waals surface area contributed by atoms with E-state index >= 15 is 0 Å². The second-order valence-electron chi connectivity index (χ2n) is 4.93. The number of thioether (sulfide) groups is 1. The topological polar surface area (TPSA) is 75.5 Å². The molecule has 3 heterocycles. The van der Waals surface area contributed by atoms with Crippen LogP contribution in [0.25, 0.3) is 5.65 Å². The molecule has 1 saturated heterocycles. The molecule has 21 heavy (non-hydrogen) atoms. The maximum Gasteiger partial charge on any atom is 0.260 e. The summed E-state index contributed by atoms with van der Waals surface area (Å²) in [5, 5.41) is 3.40. The smallest absolute Gasteiger partial charge is 0.260 e. The predicted molar refractivity (Wildman–Crippen MR) is 85.4 cm³/mol. The first-order valence-corrected chi connectivity index (χ1v) is 9.41. The second kappa shape index (κ2) is 5.86. The number of aromatic nitrogens is 2. The van der Waals surface area contributed by atoms with Gasteiger partial charge in [-0.15, -0.1) is 0 Å². The summed E-state index contributed by atoms with van der Waals surface area (Å²) < 4.78 is 29.6. The van der Waals surface area contributed by atoms with Crippen molar-refractivity contribution in [2.75, 3.05) is 24.7 Å². The lowest BCUT2D eigenvalue weighted by atomic mass is 10.2. The lowest BCUT2D eigenvalue weighted by Crippen LogP contribution is -2.31. The van der Waals surface area contributed by atoms with Gasteiger partial charge in [-0.1, -0.05) is 6.07 Å². The van der Waals surface area contributed by atoms with E-state index in [4.69, 9.17) is 0 Å². The summed E-state index contributed by atoms with van der Waals surface area (Å²) in [6.07, 6.45) is 3.94. The third-order valence-corrected chi connectivity index (χ3v) is 6.35. The highest BCUT2D eigenvalue weighted by Gasteiger charge is 2.26. The Bertz CT molecular complexity index is 736. The molecule has 1 atom stereocenters. The van der Waals surface area contributed by atoms with Crippen LogP contribution >= 0.6 is 11.8 Å². The number of anilines is 1. The van der Waals surface area contributed by atoms with Crippen molar-refractivity contribution >= 4 is 33.3 Å². The van der Waals surface area contributed by atoms with E-state index in [-0.39, 0.29) is 5.03 Å². The Hall–Kier alpha value is -1.25. The Morgan fingerprint density at radius 3 is 3.05 bits per heavy atom. The molecule has 2 aromatic rings. The van der Waals surface area contributed by atoms with E-state index in [9.17, 15) is 8.42 Å². The van der Waals surface area contributed by atoms with Crippen LogP contribution in [0.5, 0.6) is 0 Å². The van der Waals surface area contributed by atoms with Crippen molar-refractivity contribution in [3.05, 3.63) is 24.4 Å². The number of imidazole rings is 1. The quantitative estimate of drug-likeness (QED) is 0.872. The van der Waals surface area contributed by atoms with Crippen LogP contribution in [0.15, 0.2) is 29.4 Å². The van der Waals surface area contributed by atoms with Gasteiger partial charge >= 0.3 is 0 Å². The first-order valence-electron chi connectivity index (χ1n) is 6.88. The average Bonchev–Trinajstić information content (AvgIpc) is 3.12. The largest absolute Gasteiger partial charge is 0.371 e.